The van der Waals surface area contributed by atoms with Crippen LogP contribution in [-0.2, 0) is 29.1 Å². The van der Waals surface area contributed by atoms with E-state index in [4.69, 9.17) is 4.74 Å². The van der Waals surface area contributed by atoms with Gasteiger partial charge in [-0.05, 0) is 51.0 Å². The Bertz CT molecular complexity index is 834. The zero-order valence-corrected chi connectivity index (χ0v) is 18.3. The topological polar surface area (TPSA) is 131 Å². The molecule has 0 bridgehead atoms. The minimum atomic E-state index is -3.63. The zero-order valence-electron chi connectivity index (χ0n) is 17.5. The van der Waals surface area contributed by atoms with Gasteiger partial charge < -0.3 is 15.4 Å². The molecular formula is C19H29N3O6S. The van der Waals surface area contributed by atoms with E-state index in [1.165, 1.54) is 38.1 Å². The van der Waals surface area contributed by atoms with Crippen molar-refractivity contribution in [2.75, 3.05) is 5.32 Å². The number of ether oxygens (including phenoxy) is 1. The number of rotatable bonds is 9. The predicted molar refractivity (Wildman–Crippen MR) is 109 cm³/mol. The third-order valence-electron chi connectivity index (χ3n) is 3.76. The molecule has 2 amide bonds. The number of benzene rings is 1. The van der Waals surface area contributed by atoms with Crippen LogP contribution in [0, 0.1) is 5.92 Å². The summed E-state index contributed by atoms with van der Waals surface area (Å²) in [6.07, 6.45) is -1.11. The molecule has 0 spiro atoms. The van der Waals surface area contributed by atoms with Crippen LogP contribution in [0.1, 0.15) is 41.5 Å². The zero-order chi connectivity index (χ0) is 22.4. The predicted octanol–water partition coefficient (Wildman–Crippen LogP) is 1.40. The summed E-state index contributed by atoms with van der Waals surface area (Å²) in [5, 5.41) is 5.06. The molecule has 0 radical (unpaired) electrons. The van der Waals surface area contributed by atoms with E-state index in [0.717, 1.165) is 0 Å². The minimum Gasteiger partial charge on any atom is -0.451 e. The molecule has 1 aromatic rings. The van der Waals surface area contributed by atoms with Crippen molar-refractivity contribution in [3.8, 4) is 0 Å². The van der Waals surface area contributed by atoms with Crippen LogP contribution in [0.2, 0.25) is 0 Å². The Hall–Kier alpha value is -2.46. The number of hydrogen-bond donors (Lipinski definition) is 3. The molecule has 0 aliphatic heterocycles. The maximum atomic E-state index is 12.3. The van der Waals surface area contributed by atoms with Crippen molar-refractivity contribution in [1.82, 2.24) is 10.0 Å². The van der Waals surface area contributed by atoms with Gasteiger partial charge in [0.05, 0.1) is 4.90 Å². The lowest BCUT2D eigenvalue weighted by molar-refractivity contribution is -0.157. The van der Waals surface area contributed by atoms with Crippen LogP contribution in [0.4, 0.5) is 5.69 Å². The van der Waals surface area contributed by atoms with E-state index in [9.17, 15) is 22.8 Å². The van der Waals surface area contributed by atoms with E-state index in [2.05, 4.69) is 15.4 Å². The Morgan fingerprint density at radius 1 is 0.966 bits per heavy atom. The van der Waals surface area contributed by atoms with E-state index >= 15 is 0 Å². The number of sulfonamides is 1. The number of esters is 1. The molecule has 2 atom stereocenters. The fraction of sp³-hybridized carbons (Fsp3) is 0.526. The van der Waals surface area contributed by atoms with Crippen molar-refractivity contribution >= 4 is 33.5 Å². The monoisotopic (exact) mass is 427 g/mol. The molecular weight excluding hydrogens is 398 g/mol. The molecule has 3 N–H and O–H groups in total. The fourth-order valence-corrected chi connectivity index (χ4v) is 3.61. The summed E-state index contributed by atoms with van der Waals surface area (Å²) in [4.78, 5) is 35.8. The molecule has 0 unspecified atom stereocenters. The van der Waals surface area contributed by atoms with Crippen LogP contribution in [0.3, 0.4) is 0 Å². The highest BCUT2D eigenvalue weighted by atomic mass is 32.2. The fourth-order valence-electron chi connectivity index (χ4n) is 2.36. The van der Waals surface area contributed by atoms with Gasteiger partial charge in [-0.1, -0.05) is 13.8 Å². The molecule has 0 fully saturated rings. The van der Waals surface area contributed by atoms with Crippen LogP contribution >= 0.6 is 0 Å². The van der Waals surface area contributed by atoms with Crippen LogP contribution in [0.15, 0.2) is 29.2 Å². The summed E-state index contributed by atoms with van der Waals surface area (Å²) in [6.45, 7) is 9.62. The van der Waals surface area contributed by atoms with Gasteiger partial charge >= 0.3 is 5.97 Å². The Kier molecular flexibility index (Phi) is 8.78. The average Bonchev–Trinajstić information content (AvgIpc) is 2.58. The second-order valence-electron chi connectivity index (χ2n) is 7.29. The lowest BCUT2D eigenvalue weighted by Gasteiger charge is -2.22. The number of carbonyl (C=O) groups is 3. The largest absolute Gasteiger partial charge is 0.451 e. The van der Waals surface area contributed by atoms with Gasteiger partial charge in [-0.2, -0.15) is 0 Å². The van der Waals surface area contributed by atoms with Gasteiger partial charge in [0.2, 0.25) is 15.9 Å². The third kappa shape index (κ3) is 7.82. The van der Waals surface area contributed by atoms with Gasteiger partial charge in [0, 0.05) is 18.7 Å². The highest BCUT2D eigenvalue weighted by Crippen LogP contribution is 2.15. The smallest absolute Gasteiger partial charge is 0.329 e. The standard InChI is InChI=1S/C19H29N3O6S/c1-11(2)17(20-14(6)23)19(25)28-13(5)18(24)21-15-7-9-16(10-8-15)29(26,27)22-12(3)4/h7-13,17,22H,1-6H3,(H,20,23)(H,21,24)/t13-,17+/m1/s1. The second-order valence-corrected chi connectivity index (χ2v) is 9.00. The van der Waals surface area contributed by atoms with Gasteiger partial charge in [0.25, 0.3) is 5.91 Å². The van der Waals surface area contributed by atoms with Crippen LogP contribution in [0.25, 0.3) is 0 Å². The first-order valence-corrected chi connectivity index (χ1v) is 10.7. The van der Waals surface area contributed by atoms with Crippen molar-refractivity contribution in [3.63, 3.8) is 0 Å². The van der Waals surface area contributed by atoms with Gasteiger partial charge in [0.1, 0.15) is 6.04 Å². The van der Waals surface area contributed by atoms with E-state index in [1.54, 1.807) is 27.7 Å². The third-order valence-corrected chi connectivity index (χ3v) is 5.44. The van der Waals surface area contributed by atoms with E-state index in [1.807, 2.05) is 0 Å². The van der Waals surface area contributed by atoms with Crippen molar-refractivity contribution in [3.05, 3.63) is 24.3 Å². The molecule has 1 aromatic carbocycles. The maximum Gasteiger partial charge on any atom is 0.329 e. The maximum absolute atomic E-state index is 12.3. The first-order chi connectivity index (χ1) is 13.3. The van der Waals surface area contributed by atoms with Crippen molar-refractivity contribution in [2.24, 2.45) is 5.92 Å². The number of anilines is 1. The molecule has 0 heterocycles. The molecule has 0 aliphatic carbocycles. The molecule has 9 nitrogen and oxygen atoms in total. The van der Waals surface area contributed by atoms with Crippen LogP contribution in [-0.4, -0.2) is 44.4 Å². The molecule has 10 heteroatoms. The molecule has 0 aliphatic rings. The molecule has 0 saturated carbocycles. The lowest BCUT2D eigenvalue weighted by Crippen LogP contribution is -2.46. The Morgan fingerprint density at radius 2 is 1.52 bits per heavy atom. The highest BCUT2D eigenvalue weighted by Gasteiger charge is 2.28. The summed E-state index contributed by atoms with van der Waals surface area (Å²) in [6, 6.07) is 4.50. The quantitative estimate of drug-likeness (QED) is 0.511. The summed E-state index contributed by atoms with van der Waals surface area (Å²) in [7, 11) is -3.63. The average molecular weight is 428 g/mol. The Balaban J connectivity index is 2.75. The van der Waals surface area contributed by atoms with E-state index in [0.29, 0.717) is 5.69 Å². The first-order valence-electron chi connectivity index (χ1n) is 9.24. The number of nitrogens with one attached hydrogen (secondary N) is 3. The number of hydrogen-bond acceptors (Lipinski definition) is 6. The van der Waals surface area contributed by atoms with E-state index in [-0.39, 0.29) is 22.8 Å². The lowest BCUT2D eigenvalue weighted by atomic mass is 10.0. The van der Waals surface area contributed by atoms with Crippen LogP contribution < -0.4 is 15.4 Å². The normalized spacial score (nSPS) is 13.7. The molecule has 162 valence electrons. The van der Waals surface area contributed by atoms with Crippen molar-refractivity contribution in [1.29, 1.82) is 0 Å². The Labute approximate surface area is 171 Å². The summed E-state index contributed by atoms with van der Waals surface area (Å²) < 4.78 is 31.9. The van der Waals surface area contributed by atoms with Crippen molar-refractivity contribution < 1.29 is 27.5 Å². The van der Waals surface area contributed by atoms with Gasteiger partial charge in [-0.3, -0.25) is 9.59 Å². The van der Waals surface area contributed by atoms with Gasteiger partial charge in [-0.25, -0.2) is 17.9 Å². The molecule has 0 aromatic heterocycles. The van der Waals surface area contributed by atoms with Crippen molar-refractivity contribution in [2.45, 2.75) is 64.6 Å². The van der Waals surface area contributed by atoms with Crippen LogP contribution in [0.5, 0.6) is 0 Å². The van der Waals surface area contributed by atoms with Gasteiger partial charge in [-0.15, -0.1) is 0 Å². The summed E-state index contributed by atoms with van der Waals surface area (Å²) >= 11 is 0. The summed E-state index contributed by atoms with van der Waals surface area (Å²) in [5.41, 5.74) is 0.351. The van der Waals surface area contributed by atoms with E-state index < -0.39 is 34.0 Å². The van der Waals surface area contributed by atoms with Gasteiger partial charge in [0.15, 0.2) is 6.10 Å². The molecule has 0 saturated heterocycles. The number of carbonyl (C=O) groups excluding carboxylic acids is 3. The SMILES string of the molecule is CC(=O)N[C@H](C(=O)O[C@H](C)C(=O)Nc1ccc(S(=O)(=O)NC(C)C)cc1)C(C)C. The molecule has 29 heavy (non-hydrogen) atoms. The summed E-state index contributed by atoms with van der Waals surface area (Å²) in [5.74, 6) is -1.88. The Morgan fingerprint density at radius 3 is 1.97 bits per heavy atom. The number of amides is 2. The first kappa shape index (κ1) is 24.6. The second kappa shape index (κ2) is 10.4. The molecule has 1 rings (SSSR count). The highest BCUT2D eigenvalue weighted by molar-refractivity contribution is 7.89. The minimum absolute atomic E-state index is 0.0683.